The van der Waals surface area contributed by atoms with Crippen molar-refractivity contribution in [1.82, 2.24) is 14.8 Å². The summed E-state index contributed by atoms with van der Waals surface area (Å²) in [7, 11) is 0. The van der Waals surface area contributed by atoms with Gasteiger partial charge in [0.05, 0.1) is 28.0 Å². The van der Waals surface area contributed by atoms with Crippen molar-refractivity contribution in [1.29, 1.82) is 0 Å². The number of hydrogen-bond donors (Lipinski definition) is 1. The molecule has 0 saturated heterocycles. The first-order chi connectivity index (χ1) is 17.1. The van der Waals surface area contributed by atoms with Crippen LogP contribution in [0.15, 0.2) is 60.8 Å². The van der Waals surface area contributed by atoms with E-state index in [9.17, 15) is 18.0 Å². The number of nitrogens with zero attached hydrogens (tertiary/aromatic N) is 3. The Morgan fingerprint density at radius 3 is 2.67 bits per heavy atom. The summed E-state index contributed by atoms with van der Waals surface area (Å²) in [5.41, 5.74) is -0.563. The third-order valence-electron chi connectivity index (χ3n) is 4.76. The van der Waals surface area contributed by atoms with Gasteiger partial charge in [-0.1, -0.05) is 35.4 Å². The van der Waals surface area contributed by atoms with Gasteiger partial charge >= 0.3 is 6.18 Å². The second-order valence-electron chi connectivity index (χ2n) is 7.40. The monoisotopic (exact) mass is 558 g/mol. The predicted molar refractivity (Wildman–Crippen MR) is 130 cm³/mol. The number of anilines is 1. The molecule has 2 aromatic heterocycles. The summed E-state index contributed by atoms with van der Waals surface area (Å²) >= 11 is 18.2. The highest BCUT2D eigenvalue weighted by molar-refractivity contribution is 6.35. The molecule has 0 radical (unpaired) electrons. The number of amides is 1. The Bertz CT molecular complexity index is 1320. The Hall–Kier alpha value is -3.21. The molecule has 1 aliphatic carbocycles. The molecule has 3 aromatic rings. The molecule has 1 atom stereocenters. The number of allylic oxidation sites excluding steroid dienone is 4. The number of pyridine rings is 1. The zero-order valence-corrected chi connectivity index (χ0v) is 20.4. The molecule has 1 aliphatic rings. The largest absolute Gasteiger partial charge is 0.467 e. The van der Waals surface area contributed by atoms with Crippen LogP contribution in [-0.4, -0.2) is 32.7 Å². The molecule has 1 unspecified atom stereocenters. The second-order valence-corrected chi connectivity index (χ2v) is 8.77. The van der Waals surface area contributed by atoms with Gasteiger partial charge in [0, 0.05) is 17.2 Å². The lowest BCUT2D eigenvalue weighted by Gasteiger charge is -2.17. The maximum Gasteiger partial charge on any atom is 0.435 e. The van der Waals surface area contributed by atoms with Crippen molar-refractivity contribution in [2.45, 2.75) is 18.0 Å². The summed E-state index contributed by atoms with van der Waals surface area (Å²) in [6, 6.07) is 8.44. The van der Waals surface area contributed by atoms with Gasteiger partial charge in [-0.3, -0.25) is 4.79 Å². The average molecular weight is 560 g/mol. The molecule has 0 aliphatic heterocycles. The van der Waals surface area contributed by atoms with E-state index in [0.717, 1.165) is 4.68 Å². The van der Waals surface area contributed by atoms with E-state index in [1.165, 1.54) is 30.5 Å². The van der Waals surface area contributed by atoms with Crippen LogP contribution in [-0.2, 0) is 11.0 Å². The normalized spacial score (nSPS) is 15.4. The lowest BCUT2D eigenvalue weighted by molar-refractivity contribution is -0.141. The van der Waals surface area contributed by atoms with Crippen LogP contribution in [0.3, 0.4) is 0 Å². The van der Waals surface area contributed by atoms with Gasteiger partial charge in [-0.15, -0.1) is 11.6 Å². The van der Waals surface area contributed by atoms with Gasteiger partial charge < -0.3 is 14.8 Å². The van der Waals surface area contributed by atoms with E-state index in [-0.39, 0.29) is 11.8 Å². The number of hydrogen-bond acceptors (Lipinski definition) is 5. The zero-order valence-electron chi connectivity index (χ0n) is 18.1. The van der Waals surface area contributed by atoms with Crippen molar-refractivity contribution in [2.75, 3.05) is 11.9 Å². The Balaban J connectivity index is 1.41. The second kappa shape index (κ2) is 10.8. The van der Waals surface area contributed by atoms with Crippen molar-refractivity contribution in [3.63, 3.8) is 0 Å². The molecule has 0 fully saturated rings. The molecule has 0 saturated carbocycles. The van der Waals surface area contributed by atoms with Crippen LogP contribution in [0.4, 0.5) is 18.9 Å². The summed E-state index contributed by atoms with van der Waals surface area (Å²) in [5, 5.41) is 6.26. The van der Waals surface area contributed by atoms with Gasteiger partial charge in [0.25, 0.3) is 5.91 Å². The summed E-state index contributed by atoms with van der Waals surface area (Å²) in [6.45, 7) is -0.586. The molecule has 1 amide bonds. The van der Waals surface area contributed by atoms with Crippen LogP contribution < -0.4 is 14.8 Å². The SMILES string of the molecule is O=C(COc1cc(C(F)(F)F)nn1C1=CC=CCC1Cl)Nc1ccc(Oc2ccc(Cl)cc2Cl)nc1. The Labute approximate surface area is 218 Å². The summed E-state index contributed by atoms with van der Waals surface area (Å²) in [5.74, 6) is -0.349. The number of halogens is 6. The highest BCUT2D eigenvalue weighted by atomic mass is 35.5. The fraction of sp³-hybridized carbons (Fsp3) is 0.174. The molecule has 188 valence electrons. The highest BCUT2D eigenvalue weighted by Gasteiger charge is 2.36. The molecular weight excluding hydrogens is 544 g/mol. The van der Waals surface area contributed by atoms with Crippen molar-refractivity contribution in [2.24, 2.45) is 0 Å². The summed E-state index contributed by atoms with van der Waals surface area (Å²) in [6.07, 6.45) is 2.00. The van der Waals surface area contributed by atoms with Crippen LogP contribution >= 0.6 is 34.8 Å². The lowest BCUT2D eigenvalue weighted by atomic mass is 10.1. The fourth-order valence-corrected chi connectivity index (χ4v) is 3.82. The smallest absolute Gasteiger partial charge is 0.435 e. The quantitative estimate of drug-likeness (QED) is 0.321. The first-order valence-electron chi connectivity index (χ1n) is 10.3. The minimum absolute atomic E-state index is 0.211. The number of carbonyl (C=O) groups excluding carboxylic acids is 1. The number of nitrogens with one attached hydrogen (secondary N) is 1. The third-order valence-corrected chi connectivity index (χ3v) is 5.69. The van der Waals surface area contributed by atoms with Crippen molar-refractivity contribution in [3.8, 4) is 17.5 Å². The minimum Gasteiger partial charge on any atom is -0.467 e. The lowest BCUT2D eigenvalue weighted by Crippen LogP contribution is -2.22. The van der Waals surface area contributed by atoms with Crippen molar-refractivity contribution < 1.29 is 27.4 Å². The van der Waals surface area contributed by atoms with Gasteiger partial charge in [-0.05, 0) is 36.8 Å². The molecule has 1 N–H and O–H groups in total. The van der Waals surface area contributed by atoms with E-state index >= 15 is 0 Å². The zero-order chi connectivity index (χ0) is 25.9. The summed E-state index contributed by atoms with van der Waals surface area (Å²) in [4.78, 5) is 16.5. The Morgan fingerprint density at radius 1 is 1.19 bits per heavy atom. The number of aromatic nitrogens is 3. The van der Waals surface area contributed by atoms with E-state index < -0.39 is 29.8 Å². The molecular formula is C23H16Cl3F3N4O3. The topological polar surface area (TPSA) is 78.3 Å². The van der Waals surface area contributed by atoms with Gasteiger partial charge in [0.15, 0.2) is 12.3 Å². The first kappa shape index (κ1) is 25.9. The van der Waals surface area contributed by atoms with E-state index in [1.54, 1.807) is 24.3 Å². The average Bonchev–Trinajstić information content (AvgIpc) is 3.26. The maximum atomic E-state index is 13.2. The predicted octanol–water partition coefficient (Wildman–Crippen LogP) is 6.82. The van der Waals surface area contributed by atoms with Crippen molar-refractivity contribution >= 4 is 52.1 Å². The Morgan fingerprint density at radius 2 is 2.00 bits per heavy atom. The highest BCUT2D eigenvalue weighted by Crippen LogP contribution is 2.35. The number of rotatable bonds is 7. The number of ether oxygens (including phenoxy) is 2. The van der Waals surface area contributed by atoms with Gasteiger partial charge in [0.1, 0.15) is 5.75 Å². The van der Waals surface area contributed by atoms with Crippen LogP contribution in [0.1, 0.15) is 12.1 Å². The summed E-state index contributed by atoms with van der Waals surface area (Å²) < 4.78 is 51.6. The van der Waals surface area contributed by atoms with E-state index in [1.807, 2.05) is 0 Å². The van der Waals surface area contributed by atoms with E-state index in [4.69, 9.17) is 44.3 Å². The molecule has 1 aromatic carbocycles. The van der Waals surface area contributed by atoms with Crippen LogP contribution in [0.5, 0.6) is 17.5 Å². The fourth-order valence-electron chi connectivity index (χ4n) is 3.11. The van der Waals surface area contributed by atoms with Gasteiger partial charge in [-0.2, -0.15) is 18.3 Å². The van der Waals surface area contributed by atoms with Crippen LogP contribution in [0, 0.1) is 0 Å². The van der Waals surface area contributed by atoms with Gasteiger partial charge in [-0.25, -0.2) is 9.67 Å². The molecule has 4 rings (SSSR count). The van der Waals surface area contributed by atoms with Crippen molar-refractivity contribution in [3.05, 3.63) is 76.6 Å². The third kappa shape index (κ3) is 6.31. The molecule has 13 heteroatoms. The standard InChI is InChI=1S/C23H16Cl3F3N4O3/c24-13-5-7-18(16(26)9-13)36-21-8-6-14(11-30-21)31-20(34)12-35-22-10-19(23(27,28)29)32-33(22)17-4-2-1-3-15(17)25/h1-2,4-11,15H,3,12H2,(H,31,34). The first-order valence-corrected chi connectivity index (χ1v) is 11.5. The van der Waals surface area contributed by atoms with Crippen LogP contribution in [0.2, 0.25) is 10.0 Å². The number of benzene rings is 1. The maximum absolute atomic E-state index is 13.2. The number of alkyl halides is 4. The molecule has 2 heterocycles. The van der Waals surface area contributed by atoms with E-state index in [2.05, 4.69) is 15.4 Å². The number of carbonyl (C=O) groups is 1. The molecule has 0 bridgehead atoms. The van der Waals surface area contributed by atoms with E-state index in [0.29, 0.717) is 39.7 Å². The minimum atomic E-state index is -4.70. The molecule has 7 nitrogen and oxygen atoms in total. The van der Waals surface area contributed by atoms with Gasteiger partial charge in [0.2, 0.25) is 11.8 Å². The molecule has 36 heavy (non-hydrogen) atoms. The van der Waals surface area contributed by atoms with Crippen LogP contribution in [0.25, 0.3) is 5.70 Å². The Kier molecular flexibility index (Phi) is 7.77. The molecule has 0 spiro atoms.